The SMILES string of the molecule is CC(=O)NCc1cncc([C@@H]2CCCN2C(=O)c2c(C)noc2C)n1. The number of carbonyl (C=O) groups excluding carboxylic acids is 2. The molecule has 132 valence electrons. The number of carbonyl (C=O) groups is 2. The summed E-state index contributed by atoms with van der Waals surface area (Å²) in [6.07, 6.45) is 5.03. The summed E-state index contributed by atoms with van der Waals surface area (Å²) in [6, 6.07) is -0.133. The quantitative estimate of drug-likeness (QED) is 0.906. The fraction of sp³-hybridized carbons (Fsp3) is 0.471. The molecule has 0 spiro atoms. The topological polar surface area (TPSA) is 101 Å². The van der Waals surface area contributed by atoms with Gasteiger partial charge in [0.05, 0.1) is 42.1 Å². The van der Waals surface area contributed by atoms with Crippen LogP contribution in [0.15, 0.2) is 16.9 Å². The van der Waals surface area contributed by atoms with Crippen LogP contribution in [0.25, 0.3) is 0 Å². The molecule has 0 unspecified atom stereocenters. The van der Waals surface area contributed by atoms with E-state index in [9.17, 15) is 9.59 Å². The van der Waals surface area contributed by atoms with Crippen molar-refractivity contribution in [1.82, 2.24) is 25.3 Å². The van der Waals surface area contributed by atoms with Crippen LogP contribution < -0.4 is 5.32 Å². The van der Waals surface area contributed by atoms with Crippen molar-refractivity contribution in [3.05, 3.63) is 40.8 Å². The highest BCUT2D eigenvalue weighted by atomic mass is 16.5. The monoisotopic (exact) mass is 343 g/mol. The van der Waals surface area contributed by atoms with E-state index in [-0.39, 0.29) is 17.9 Å². The molecule has 1 saturated heterocycles. The Labute approximate surface area is 145 Å². The third-order valence-corrected chi connectivity index (χ3v) is 4.32. The summed E-state index contributed by atoms with van der Waals surface area (Å²) >= 11 is 0. The molecule has 3 heterocycles. The predicted molar refractivity (Wildman–Crippen MR) is 88.5 cm³/mol. The van der Waals surface area contributed by atoms with Crippen LogP contribution in [0, 0.1) is 13.8 Å². The van der Waals surface area contributed by atoms with Gasteiger partial charge in [-0.25, -0.2) is 0 Å². The highest BCUT2D eigenvalue weighted by Gasteiger charge is 2.34. The van der Waals surface area contributed by atoms with Crippen molar-refractivity contribution >= 4 is 11.8 Å². The maximum Gasteiger partial charge on any atom is 0.259 e. The molecule has 8 heteroatoms. The van der Waals surface area contributed by atoms with Crippen LogP contribution >= 0.6 is 0 Å². The zero-order valence-electron chi connectivity index (χ0n) is 14.6. The maximum atomic E-state index is 13.0. The van der Waals surface area contributed by atoms with E-state index in [4.69, 9.17) is 4.52 Å². The lowest BCUT2D eigenvalue weighted by atomic mass is 10.1. The van der Waals surface area contributed by atoms with E-state index in [1.54, 1.807) is 31.1 Å². The second-order valence-electron chi connectivity index (χ2n) is 6.20. The highest BCUT2D eigenvalue weighted by Crippen LogP contribution is 2.32. The molecule has 0 saturated carbocycles. The first-order valence-electron chi connectivity index (χ1n) is 8.26. The number of amides is 2. The number of hydrogen-bond acceptors (Lipinski definition) is 6. The molecule has 1 fully saturated rings. The van der Waals surface area contributed by atoms with Crippen LogP contribution in [-0.2, 0) is 11.3 Å². The minimum absolute atomic E-state index is 0.0900. The van der Waals surface area contributed by atoms with Crippen LogP contribution in [0.4, 0.5) is 0 Å². The van der Waals surface area contributed by atoms with Crippen LogP contribution in [0.3, 0.4) is 0 Å². The Morgan fingerprint density at radius 1 is 1.36 bits per heavy atom. The summed E-state index contributed by atoms with van der Waals surface area (Å²) in [7, 11) is 0. The van der Waals surface area contributed by atoms with Gasteiger partial charge in [-0.3, -0.25) is 19.6 Å². The molecule has 0 radical (unpaired) electrons. The van der Waals surface area contributed by atoms with E-state index < -0.39 is 0 Å². The molecule has 2 aromatic heterocycles. The highest BCUT2D eigenvalue weighted by molar-refractivity contribution is 5.96. The summed E-state index contributed by atoms with van der Waals surface area (Å²) in [4.78, 5) is 34.6. The minimum atomic E-state index is -0.133. The third kappa shape index (κ3) is 3.52. The summed E-state index contributed by atoms with van der Waals surface area (Å²) in [5.74, 6) is 0.315. The Morgan fingerprint density at radius 2 is 2.16 bits per heavy atom. The molecule has 8 nitrogen and oxygen atoms in total. The fourth-order valence-corrected chi connectivity index (χ4v) is 3.13. The van der Waals surface area contributed by atoms with Crippen molar-refractivity contribution in [3.63, 3.8) is 0 Å². The molecule has 2 aromatic rings. The number of nitrogens with zero attached hydrogens (tertiary/aromatic N) is 4. The van der Waals surface area contributed by atoms with E-state index in [0.717, 1.165) is 18.5 Å². The molecule has 25 heavy (non-hydrogen) atoms. The van der Waals surface area contributed by atoms with Crippen molar-refractivity contribution in [2.75, 3.05) is 6.54 Å². The van der Waals surface area contributed by atoms with Gasteiger partial charge in [-0.2, -0.15) is 0 Å². The van der Waals surface area contributed by atoms with Gasteiger partial charge in [0.25, 0.3) is 5.91 Å². The Morgan fingerprint density at radius 3 is 2.84 bits per heavy atom. The summed E-state index contributed by atoms with van der Waals surface area (Å²) < 4.78 is 5.12. The molecule has 3 rings (SSSR count). The number of nitrogens with one attached hydrogen (secondary N) is 1. The van der Waals surface area contributed by atoms with Gasteiger partial charge in [0.15, 0.2) is 0 Å². The fourth-order valence-electron chi connectivity index (χ4n) is 3.13. The van der Waals surface area contributed by atoms with Gasteiger partial charge in [0, 0.05) is 13.5 Å². The van der Waals surface area contributed by atoms with Gasteiger partial charge in [-0.15, -0.1) is 0 Å². The maximum absolute atomic E-state index is 13.0. The predicted octanol–water partition coefficient (Wildman–Crippen LogP) is 1.69. The van der Waals surface area contributed by atoms with Crippen LogP contribution in [-0.4, -0.2) is 38.4 Å². The van der Waals surface area contributed by atoms with Gasteiger partial charge < -0.3 is 14.7 Å². The lowest BCUT2D eigenvalue weighted by Crippen LogP contribution is -2.32. The third-order valence-electron chi connectivity index (χ3n) is 4.32. The van der Waals surface area contributed by atoms with E-state index in [2.05, 4.69) is 20.4 Å². The number of aromatic nitrogens is 3. The minimum Gasteiger partial charge on any atom is -0.361 e. The normalized spacial score (nSPS) is 16.9. The number of rotatable bonds is 4. The Balaban J connectivity index is 1.83. The molecule has 0 bridgehead atoms. The number of hydrogen-bond donors (Lipinski definition) is 1. The van der Waals surface area contributed by atoms with E-state index in [0.29, 0.717) is 35.8 Å². The second kappa shape index (κ2) is 7.00. The standard InChI is InChI=1S/C17H21N5O3/c1-10-16(11(2)25-21-10)17(24)22-6-4-5-15(22)14-9-18-7-13(20-14)8-19-12(3)23/h7,9,15H,4-6,8H2,1-3H3,(H,19,23)/t15-/m0/s1. The van der Waals surface area contributed by atoms with Crippen molar-refractivity contribution < 1.29 is 14.1 Å². The Kier molecular flexibility index (Phi) is 4.78. The van der Waals surface area contributed by atoms with E-state index in [1.165, 1.54) is 6.92 Å². The zero-order chi connectivity index (χ0) is 18.0. The smallest absolute Gasteiger partial charge is 0.259 e. The molecule has 2 amide bonds. The summed E-state index contributed by atoms with van der Waals surface area (Å²) in [5.41, 5.74) is 2.53. The molecule has 1 atom stereocenters. The van der Waals surface area contributed by atoms with Gasteiger partial charge >= 0.3 is 0 Å². The van der Waals surface area contributed by atoms with Crippen molar-refractivity contribution in [2.24, 2.45) is 0 Å². The van der Waals surface area contributed by atoms with Crippen LogP contribution in [0.5, 0.6) is 0 Å². The van der Waals surface area contributed by atoms with E-state index >= 15 is 0 Å². The zero-order valence-corrected chi connectivity index (χ0v) is 14.6. The molecule has 1 aliphatic heterocycles. The molecule has 0 aliphatic carbocycles. The first-order chi connectivity index (χ1) is 12.0. The molecular weight excluding hydrogens is 322 g/mol. The first-order valence-corrected chi connectivity index (χ1v) is 8.26. The first kappa shape index (κ1) is 17.1. The number of aryl methyl sites for hydroxylation is 2. The molecule has 1 aliphatic rings. The van der Waals surface area contributed by atoms with Crippen LogP contribution in [0.2, 0.25) is 0 Å². The van der Waals surface area contributed by atoms with Gasteiger partial charge in [0.1, 0.15) is 11.3 Å². The second-order valence-corrected chi connectivity index (χ2v) is 6.20. The summed E-state index contributed by atoms with van der Waals surface area (Å²) in [6.45, 7) is 5.94. The summed E-state index contributed by atoms with van der Waals surface area (Å²) in [5, 5.41) is 6.58. The number of likely N-dealkylation sites (tertiary alicyclic amines) is 1. The molecule has 0 aromatic carbocycles. The average molecular weight is 343 g/mol. The Bertz CT molecular complexity index is 782. The lowest BCUT2D eigenvalue weighted by molar-refractivity contribution is -0.119. The van der Waals surface area contributed by atoms with Gasteiger partial charge in [0.2, 0.25) is 5.91 Å². The largest absolute Gasteiger partial charge is 0.361 e. The van der Waals surface area contributed by atoms with Crippen molar-refractivity contribution in [3.8, 4) is 0 Å². The Hall–Kier alpha value is -2.77. The average Bonchev–Trinajstić information content (AvgIpc) is 3.20. The van der Waals surface area contributed by atoms with Crippen LogP contribution in [0.1, 0.15) is 59.0 Å². The molecular formula is C17H21N5O3. The van der Waals surface area contributed by atoms with E-state index in [1.807, 2.05) is 0 Å². The van der Waals surface area contributed by atoms with Crippen molar-refractivity contribution in [1.29, 1.82) is 0 Å². The van der Waals surface area contributed by atoms with Gasteiger partial charge in [-0.1, -0.05) is 5.16 Å². The van der Waals surface area contributed by atoms with Gasteiger partial charge in [-0.05, 0) is 26.7 Å². The molecule has 1 N–H and O–H groups in total. The van der Waals surface area contributed by atoms with Crippen molar-refractivity contribution in [2.45, 2.75) is 46.2 Å². The lowest BCUT2D eigenvalue weighted by Gasteiger charge is -2.24.